The molecule has 2 heterocycles. The molecule has 4 atom stereocenters. The summed E-state index contributed by atoms with van der Waals surface area (Å²) in [7, 11) is -3.95. The fraction of sp³-hybridized carbons (Fsp3) is 0.296. The summed E-state index contributed by atoms with van der Waals surface area (Å²) in [5.74, 6) is -0.992. The van der Waals surface area contributed by atoms with Gasteiger partial charge in [0.15, 0.2) is 0 Å². The summed E-state index contributed by atoms with van der Waals surface area (Å²) >= 11 is 0. The van der Waals surface area contributed by atoms with Crippen LogP contribution >= 0.6 is 0 Å². The van der Waals surface area contributed by atoms with Gasteiger partial charge >= 0.3 is 0 Å². The third-order valence-corrected chi connectivity index (χ3v) is 8.12. The van der Waals surface area contributed by atoms with Crippen LogP contribution in [0.5, 0.6) is 5.75 Å². The number of amides is 1. The lowest BCUT2D eigenvalue weighted by Crippen LogP contribution is -2.47. The van der Waals surface area contributed by atoms with E-state index in [1.165, 1.54) is 18.2 Å². The molecule has 2 aliphatic rings. The van der Waals surface area contributed by atoms with Crippen LogP contribution in [0.3, 0.4) is 0 Å². The number of hydrogen-bond acceptors (Lipinski definition) is 6. The summed E-state index contributed by atoms with van der Waals surface area (Å²) in [6, 6.07) is 15.5. The first kappa shape index (κ1) is 26.1. The second-order valence-electron chi connectivity index (χ2n) is 9.29. The quantitative estimate of drug-likeness (QED) is 0.400. The van der Waals surface area contributed by atoms with Crippen LogP contribution in [0.2, 0.25) is 0 Å². The van der Waals surface area contributed by atoms with E-state index in [-0.39, 0.29) is 36.3 Å². The Labute approximate surface area is 218 Å². The van der Waals surface area contributed by atoms with E-state index in [1.807, 2.05) is 0 Å². The number of rotatable bonds is 8. The van der Waals surface area contributed by atoms with Gasteiger partial charge in [-0.05, 0) is 55.0 Å². The molecule has 5 rings (SSSR count). The second-order valence-corrected chi connectivity index (χ2v) is 11.0. The molecule has 0 bridgehead atoms. The first-order chi connectivity index (χ1) is 18.2. The molecule has 0 aliphatic carbocycles. The summed E-state index contributed by atoms with van der Waals surface area (Å²) in [4.78, 5) is 12.5. The van der Waals surface area contributed by atoms with Crippen LogP contribution in [0.15, 0.2) is 71.6 Å². The van der Waals surface area contributed by atoms with E-state index < -0.39 is 40.0 Å². The number of ether oxygens (including phenoxy) is 2. The topological polar surface area (TPSA) is 114 Å². The fourth-order valence-electron chi connectivity index (χ4n) is 4.89. The number of benzene rings is 3. The van der Waals surface area contributed by atoms with Crippen LogP contribution in [-0.2, 0) is 26.1 Å². The Kier molecular flexibility index (Phi) is 7.33. The van der Waals surface area contributed by atoms with Gasteiger partial charge in [-0.15, -0.1) is 0 Å². The van der Waals surface area contributed by atoms with Crippen LogP contribution < -0.4 is 14.8 Å². The molecular formula is C27H26F2N2O6S. The summed E-state index contributed by atoms with van der Waals surface area (Å²) in [6.45, 7) is -0.288. The van der Waals surface area contributed by atoms with E-state index in [1.54, 1.807) is 36.4 Å². The molecule has 3 aromatic rings. The Morgan fingerprint density at radius 1 is 1.05 bits per heavy atom. The first-order valence-electron chi connectivity index (χ1n) is 12.1. The van der Waals surface area contributed by atoms with Gasteiger partial charge < -0.3 is 19.9 Å². The van der Waals surface area contributed by atoms with Crippen LogP contribution in [0.25, 0.3) is 0 Å². The SMILES string of the molecule is O=C(C[C@@H]1C[C@H]2c3cc(NS(=O)(=O)c4ccc(F)cc4)ccc3O[C@H]2[C@H](CO)O1)NCc1ccccc1F. The van der Waals surface area contributed by atoms with Gasteiger partial charge in [0.05, 0.1) is 24.0 Å². The largest absolute Gasteiger partial charge is 0.487 e. The average molecular weight is 545 g/mol. The minimum Gasteiger partial charge on any atom is -0.487 e. The Morgan fingerprint density at radius 2 is 1.82 bits per heavy atom. The van der Waals surface area contributed by atoms with E-state index in [9.17, 15) is 27.1 Å². The van der Waals surface area contributed by atoms with Crippen molar-refractivity contribution in [1.82, 2.24) is 5.32 Å². The van der Waals surface area contributed by atoms with E-state index in [4.69, 9.17) is 9.47 Å². The highest BCUT2D eigenvalue weighted by Crippen LogP contribution is 2.47. The van der Waals surface area contributed by atoms with Gasteiger partial charge in [0, 0.05) is 29.3 Å². The molecule has 1 fully saturated rings. The highest BCUT2D eigenvalue weighted by Gasteiger charge is 2.46. The number of hydrogen-bond donors (Lipinski definition) is 3. The summed E-state index contributed by atoms with van der Waals surface area (Å²) < 4.78 is 67.1. The number of carbonyl (C=O) groups is 1. The normalized spacial score (nSPS) is 22.2. The molecule has 0 spiro atoms. The molecule has 0 radical (unpaired) electrons. The van der Waals surface area contributed by atoms with Crippen molar-refractivity contribution in [3.8, 4) is 5.75 Å². The highest BCUT2D eigenvalue weighted by atomic mass is 32.2. The standard InChI is InChI=1S/C27H26F2N2O6S/c28-17-5-8-20(9-6-17)38(34,35)31-18-7-10-24-21(11-18)22-12-19(36-25(15-32)27(22)37-24)13-26(33)30-14-16-3-1-2-4-23(16)29/h1-11,19,22,25,27,31-32H,12-15H2,(H,30,33)/t19-,22-,25-,27+/m0/s1. The zero-order valence-corrected chi connectivity index (χ0v) is 21.0. The lowest BCUT2D eigenvalue weighted by molar-refractivity contribution is -0.142. The number of aliphatic hydroxyl groups excluding tert-OH is 1. The predicted octanol–water partition coefficient (Wildman–Crippen LogP) is 3.47. The summed E-state index contributed by atoms with van der Waals surface area (Å²) in [6.07, 6.45) is -1.33. The molecule has 200 valence electrons. The Morgan fingerprint density at radius 3 is 2.55 bits per heavy atom. The number of fused-ring (bicyclic) bond motifs is 3. The zero-order chi connectivity index (χ0) is 26.9. The molecule has 3 N–H and O–H groups in total. The molecule has 1 saturated heterocycles. The van der Waals surface area contributed by atoms with Crippen LogP contribution in [0.1, 0.15) is 29.9 Å². The minimum absolute atomic E-state index is 0.000390. The summed E-state index contributed by atoms with van der Waals surface area (Å²) in [5.41, 5.74) is 1.39. The molecule has 3 aromatic carbocycles. The average Bonchev–Trinajstić information content (AvgIpc) is 3.25. The molecule has 11 heteroatoms. The Hall–Kier alpha value is -3.54. The van der Waals surface area contributed by atoms with Gasteiger partial charge in [-0.25, -0.2) is 17.2 Å². The maximum Gasteiger partial charge on any atom is 0.261 e. The lowest BCUT2D eigenvalue weighted by Gasteiger charge is -2.37. The van der Waals surface area contributed by atoms with Gasteiger partial charge in [0.2, 0.25) is 5.91 Å². The minimum atomic E-state index is -3.95. The number of halogens is 2. The molecule has 0 unspecified atom stereocenters. The van der Waals surface area contributed by atoms with Crippen molar-refractivity contribution < 1.29 is 36.6 Å². The van der Waals surface area contributed by atoms with Crippen molar-refractivity contribution in [3.63, 3.8) is 0 Å². The predicted molar refractivity (Wildman–Crippen MR) is 134 cm³/mol. The molecule has 38 heavy (non-hydrogen) atoms. The molecule has 0 saturated carbocycles. The van der Waals surface area contributed by atoms with Crippen molar-refractivity contribution >= 4 is 21.6 Å². The third kappa shape index (κ3) is 5.50. The maximum atomic E-state index is 13.9. The molecule has 2 aliphatic heterocycles. The van der Waals surface area contributed by atoms with Gasteiger partial charge in [-0.1, -0.05) is 18.2 Å². The number of aliphatic hydroxyl groups is 1. The highest BCUT2D eigenvalue weighted by molar-refractivity contribution is 7.92. The molecule has 1 amide bonds. The van der Waals surface area contributed by atoms with Crippen LogP contribution in [-0.4, -0.2) is 44.4 Å². The second kappa shape index (κ2) is 10.7. The van der Waals surface area contributed by atoms with Gasteiger partial charge in [-0.2, -0.15) is 0 Å². The fourth-order valence-corrected chi connectivity index (χ4v) is 5.94. The van der Waals surface area contributed by atoms with E-state index in [0.717, 1.165) is 17.7 Å². The maximum absolute atomic E-state index is 13.9. The monoisotopic (exact) mass is 544 g/mol. The molecule has 0 aromatic heterocycles. The number of carbonyl (C=O) groups excluding carboxylic acids is 1. The van der Waals surface area contributed by atoms with E-state index in [0.29, 0.717) is 23.4 Å². The smallest absolute Gasteiger partial charge is 0.261 e. The van der Waals surface area contributed by atoms with Crippen molar-refractivity contribution in [2.45, 2.75) is 48.5 Å². The number of sulfonamides is 1. The lowest BCUT2D eigenvalue weighted by atomic mass is 9.84. The van der Waals surface area contributed by atoms with Crippen molar-refractivity contribution in [2.24, 2.45) is 0 Å². The molecular weight excluding hydrogens is 518 g/mol. The van der Waals surface area contributed by atoms with Crippen molar-refractivity contribution in [1.29, 1.82) is 0 Å². The number of anilines is 1. The van der Waals surface area contributed by atoms with Gasteiger partial charge in [-0.3, -0.25) is 9.52 Å². The van der Waals surface area contributed by atoms with Gasteiger partial charge in [0.25, 0.3) is 10.0 Å². The van der Waals surface area contributed by atoms with Crippen molar-refractivity contribution in [2.75, 3.05) is 11.3 Å². The van der Waals surface area contributed by atoms with E-state index in [2.05, 4.69) is 10.0 Å². The summed E-state index contributed by atoms with van der Waals surface area (Å²) in [5, 5.41) is 12.6. The van der Waals surface area contributed by atoms with Gasteiger partial charge in [0.1, 0.15) is 29.6 Å². The van der Waals surface area contributed by atoms with Crippen molar-refractivity contribution in [3.05, 3.63) is 89.5 Å². The number of nitrogens with one attached hydrogen (secondary N) is 2. The van der Waals surface area contributed by atoms with Crippen LogP contribution in [0, 0.1) is 11.6 Å². The third-order valence-electron chi connectivity index (χ3n) is 6.72. The molecule has 8 nitrogen and oxygen atoms in total. The Bertz CT molecular complexity index is 1430. The Balaban J connectivity index is 1.29. The first-order valence-corrected chi connectivity index (χ1v) is 13.6. The van der Waals surface area contributed by atoms with E-state index >= 15 is 0 Å². The zero-order valence-electron chi connectivity index (χ0n) is 20.1. The van der Waals surface area contributed by atoms with Crippen LogP contribution in [0.4, 0.5) is 14.5 Å².